The number of benzene rings is 2. The third-order valence-corrected chi connectivity index (χ3v) is 5.83. The third kappa shape index (κ3) is 6.84. The lowest BCUT2D eigenvalue weighted by Gasteiger charge is -2.29. The van der Waals surface area contributed by atoms with Crippen LogP contribution in [0.5, 0.6) is 11.5 Å². The number of ether oxygens (including phenoxy) is 2. The highest BCUT2D eigenvalue weighted by atomic mass is 19.4. The average Bonchev–Trinajstić information content (AvgIpc) is 2.73. The molecule has 170 valence electrons. The Morgan fingerprint density at radius 1 is 0.774 bits per heavy atom. The fourth-order valence-corrected chi connectivity index (χ4v) is 4.14. The van der Waals surface area contributed by atoms with E-state index < -0.39 is 18.2 Å². The van der Waals surface area contributed by atoms with Gasteiger partial charge in [0.15, 0.2) is 0 Å². The molecule has 0 unspecified atom stereocenters. The number of hydrogen-bond donors (Lipinski definition) is 0. The van der Waals surface area contributed by atoms with Crippen molar-refractivity contribution >= 4 is 0 Å². The molecule has 0 aliphatic heterocycles. The van der Waals surface area contributed by atoms with E-state index in [1.165, 1.54) is 44.2 Å². The molecule has 0 N–H and O–H groups in total. The van der Waals surface area contributed by atoms with Crippen LogP contribution in [0.15, 0.2) is 48.5 Å². The van der Waals surface area contributed by atoms with Gasteiger partial charge in [-0.05, 0) is 79.5 Å². The summed E-state index contributed by atoms with van der Waals surface area (Å²) in [5.74, 6) is 0.412. The molecule has 0 atom stereocenters. The van der Waals surface area contributed by atoms with Crippen molar-refractivity contribution in [3.8, 4) is 11.5 Å². The Morgan fingerprint density at radius 3 is 1.84 bits per heavy atom. The lowest BCUT2D eigenvalue weighted by atomic mass is 9.77. The Balaban J connectivity index is 1.58. The summed E-state index contributed by atoms with van der Waals surface area (Å²) in [6, 6.07) is 10.1. The van der Waals surface area contributed by atoms with Crippen LogP contribution in [0.4, 0.5) is 22.0 Å². The molecule has 0 spiro atoms. The molecule has 0 amide bonds. The lowest BCUT2D eigenvalue weighted by Crippen LogP contribution is -2.22. The summed E-state index contributed by atoms with van der Waals surface area (Å²) in [6.45, 7) is 2.20. The first-order chi connectivity index (χ1) is 14.7. The highest BCUT2D eigenvalue weighted by Crippen LogP contribution is 2.39. The van der Waals surface area contributed by atoms with Crippen molar-refractivity contribution in [2.24, 2.45) is 5.92 Å². The largest absolute Gasteiger partial charge is 0.573 e. The van der Waals surface area contributed by atoms with Crippen LogP contribution >= 0.6 is 0 Å². The van der Waals surface area contributed by atoms with Gasteiger partial charge in [0.05, 0.1) is 5.56 Å². The molecule has 3 rings (SSSR count). The van der Waals surface area contributed by atoms with Crippen LogP contribution < -0.4 is 9.47 Å². The van der Waals surface area contributed by atoms with Crippen molar-refractivity contribution in [1.29, 1.82) is 0 Å². The minimum absolute atomic E-state index is 0.256. The molecule has 2 nitrogen and oxygen atoms in total. The van der Waals surface area contributed by atoms with Gasteiger partial charge in [0, 0.05) is 0 Å². The maximum atomic E-state index is 14.5. The van der Waals surface area contributed by atoms with E-state index in [-0.39, 0.29) is 11.3 Å². The van der Waals surface area contributed by atoms with E-state index in [1.54, 1.807) is 12.1 Å². The maximum Gasteiger partial charge on any atom is 0.573 e. The smallest absolute Gasteiger partial charge is 0.429 e. The van der Waals surface area contributed by atoms with Crippen molar-refractivity contribution < 1.29 is 31.4 Å². The molecule has 1 aliphatic carbocycles. The van der Waals surface area contributed by atoms with Crippen molar-refractivity contribution in [2.75, 3.05) is 0 Å². The Bertz CT molecular complexity index is 807. The van der Waals surface area contributed by atoms with Gasteiger partial charge in [-0.15, -0.1) is 13.2 Å². The zero-order chi connectivity index (χ0) is 22.5. The van der Waals surface area contributed by atoms with Crippen LogP contribution in [-0.2, 0) is 6.11 Å². The minimum Gasteiger partial charge on any atom is -0.429 e. The number of alkyl halides is 5. The average molecular weight is 442 g/mol. The molecular formula is C24H27F5O2. The summed E-state index contributed by atoms with van der Waals surface area (Å²) in [7, 11) is 0. The van der Waals surface area contributed by atoms with E-state index in [4.69, 9.17) is 4.74 Å². The van der Waals surface area contributed by atoms with E-state index in [0.29, 0.717) is 5.92 Å². The van der Waals surface area contributed by atoms with E-state index in [9.17, 15) is 22.0 Å². The second kappa shape index (κ2) is 9.88. The summed E-state index contributed by atoms with van der Waals surface area (Å²) in [6.07, 6.45) is -0.194. The van der Waals surface area contributed by atoms with Crippen molar-refractivity contribution in [1.82, 2.24) is 0 Å². The van der Waals surface area contributed by atoms with E-state index in [0.717, 1.165) is 48.6 Å². The molecule has 0 radical (unpaired) electrons. The number of rotatable bonds is 8. The highest BCUT2D eigenvalue weighted by Gasteiger charge is 2.35. The summed E-state index contributed by atoms with van der Waals surface area (Å²) >= 11 is 0. The molecule has 1 aliphatic rings. The predicted octanol–water partition coefficient (Wildman–Crippen LogP) is 8.18. The van der Waals surface area contributed by atoms with Gasteiger partial charge in [-0.2, -0.15) is 8.78 Å². The van der Waals surface area contributed by atoms with E-state index in [1.807, 2.05) is 0 Å². The normalized spacial score (nSPS) is 19.8. The first-order valence-corrected chi connectivity index (χ1v) is 10.7. The molecule has 31 heavy (non-hydrogen) atoms. The van der Waals surface area contributed by atoms with Crippen LogP contribution in [0.25, 0.3) is 0 Å². The van der Waals surface area contributed by atoms with Gasteiger partial charge in [0.1, 0.15) is 11.5 Å². The number of unbranched alkanes of at least 4 members (excludes halogenated alkanes) is 1. The molecule has 0 aromatic heterocycles. The fourth-order valence-electron chi connectivity index (χ4n) is 4.14. The van der Waals surface area contributed by atoms with Crippen molar-refractivity contribution in [3.05, 3.63) is 59.7 Å². The number of hydrogen-bond acceptors (Lipinski definition) is 2. The second-order valence-corrected chi connectivity index (χ2v) is 8.12. The molecule has 2 aromatic rings. The Morgan fingerprint density at radius 2 is 1.32 bits per heavy atom. The zero-order valence-corrected chi connectivity index (χ0v) is 17.4. The molecule has 0 saturated heterocycles. The number of halogens is 5. The van der Waals surface area contributed by atoms with Gasteiger partial charge in [0.25, 0.3) is 0 Å². The Hall–Kier alpha value is -2.31. The standard InChI is InChI=1S/C24H27F5O2/c1-2-3-4-17-5-7-18(8-6-17)19-9-11-20(12-10-19)23(25,26)30-21-13-15-22(16-14-21)31-24(27,28)29/h9-18H,2-8H2,1H3. The Labute approximate surface area is 179 Å². The first-order valence-electron chi connectivity index (χ1n) is 10.7. The van der Waals surface area contributed by atoms with Crippen LogP contribution in [0, 0.1) is 5.92 Å². The van der Waals surface area contributed by atoms with Crippen LogP contribution in [0.3, 0.4) is 0 Å². The fraction of sp³-hybridized carbons (Fsp3) is 0.500. The lowest BCUT2D eigenvalue weighted by molar-refractivity contribution is -0.274. The van der Waals surface area contributed by atoms with Gasteiger partial charge in [-0.1, -0.05) is 38.3 Å². The van der Waals surface area contributed by atoms with Crippen LogP contribution in [0.2, 0.25) is 0 Å². The van der Waals surface area contributed by atoms with Crippen LogP contribution in [-0.4, -0.2) is 6.36 Å². The van der Waals surface area contributed by atoms with Crippen LogP contribution in [0.1, 0.15) is 68.9 Å². The monoisotopic (exact) mass is 442 g/mol. The Kier molecular flexibility index (Phi) is 7.44. The summed E-state index contributed by atoms with van der Waals surface area (Å²) in [5, 5.41) is 0. The predicted molar refractivity (Wildman–Crippen MR) is 108 cm³/mol. The molecule has 7 heteroatoms. The highest BCUT2D eigenvalue weighted by molar-refractivity contribution is 5.33. The maximum absolute atomic E-state index is 14.5. The molecular weight excluding hydrogens is 415 g/mol. The van der Waals surface area contributed by atoms with Gasteiger partial charge in [-0.3, -0.25) is 0 Å². The van der Waals surface area contributed by atoms with Gasteiger partial charge < -0.3 is 9.47 Å². The molecule has 0 bridgehead atoms. The van der Waals surface area contributed by atoms with E-state index in [2.05, 4.69) is 11.7 Å². The zero-order valence-electron chi connectivity index (χ0n) is 17.4. The summed E-state index contributed by atoms with van der Waals surface area (Å²) in [5.41, 5.74) is 0.755. The molecule has 2 aromatic carbocycles. The quantitative estimate of drug-likeness (QED) is 0.384. The van der Waals surface area contributed by atoms with E-state index >= 15 is 0 Å². The van der Waals surface area contributed by atoms with Gasteiger partial charge in [-0.25, -0.2) is 0 Å². The van der Waals surface area contributed by atoms with Crippen molar-refractivity contribution in [3.63, 3.8) is 0 Å². The van der Waals surface area contributed by atoms with Gasteiger partial charge >= 0.3 is 12.5 Å². The third-order valence-electron chi connectivity index (χ3n) is 5.83. The first kappa shape index (κ1) is 23.4. The molecule has 1 fully saturated rings. The van der Waals surface area contributed by atoms with Crippen molar-refractivity contribution in [2.45, 2.75) is 70.3 Å². The second-order valence-electron chi connectivity index (χ2n) is 8.12. The SMILES string of the molecule is CCCCC1CCC(c2ccc(C(F)(F)Oc3ccc(OC(F)(F)F)cc3)cc2)CC1. The summed E-state index contributed by atoms with van der Waals surface area (Å²) < 4.78 is 74.1. The molecule has 0 heterocycles. The minimum atomic E-state index is -4.84. The summed E-state index contributed by atoms with van der Waals surface area (Å²) in [4.78, 5) is 0. The topological polar surface area (TPSA) is 18.5 Å². The van der Waals surface area contributed by atoms with Gasteiger partial charge in [0.2, 0.25) is 0 Å². The molecule has 1 saturated carbocycles.